The zero-order valence-corrected chi connectivity index (χ0v) is 17.5. The van der Waals surface area contributed by atoms with Crippen LogP contribution in [0, 0.1) is 0 Å². The number of amides is 2. The molecule has 0 unspecified atom stereocenters. The lowest BCUT2D eigenvalue weighted by Crippen LogP contribution is -2.21. The summed E-state index contributed by atoms with van der Waals surface area (Å²) in [6, 6.07) is 6.67. The molecule has 0 radical (unpaired) electrons. The summed E-state index contributed by atoms with van der Waals surface area (Å²) >= 11 is 8.99. The summed E-state index contributed by atoms with van der Waals surface area (Å²) in [5.41, 5.74) is 0.825. The number of rotatable bonds is 6. The maximum Gasteiger partial charge on any atom is 0.265 e. The molecule has 0 saturated heterocycles. The minimum Gasteiger partial charge on any atom is -0.355 e. The van der Waals surface area contributed by atoms with Crippen molar-refractivity contribution in [1.82, 2.24) is 10.3 Å². The summed E-state index contributed by atoms with van der Waals surface area (Å²) in [5.74, 6) is -0.541. The number of fused-ring (bicyclic) bond motifs is 1. The number of anilines is 2. The third-order valence-electron chi connectivity index (χ3n) is 4.03. The van der Waals surface area contributed by atoms with Crippen molar-refractivity contribution < 1.29 is 9.59 Å². The van der Waals surface area contributed by atoms with E-state index in [1.165, 1.54) is 18.4 Å². The first kappa shape index (κ1) is 19.6. The molecule has 9 heteroatoms. The van der Waals surface area contributed by atoms with Gasteiger partial charge in [-0.2, -0.15) is 0 Å². The summed E-state index contributed by atoms with van der Waals surface area (Å²) in [4.78, 5) is 32.7. The van der Waals surface area contributed by atoms with Gasteiger partial charge in [0.15, 0.2) is 5.13 Å². The van der Waals surface area contributed by atoms with E-state index < -0.39 is 0 Å². The third kappa shape index (κ3) is 4.07. The number of carbonyl (C=O) groups excluding carboxylic acids is 2. The molecule has 1 aromatic carbocycles. The van der Waals surface area contributed by atoms with E-state index in [9.17, 15) is 9.59 Å². The van der Waals surface area contributed by atoms with E-state index in [1.807, 2.05) is 6.07 Å². The second-order valence-electron chi connectivity index (χ2n) is 5.68. The summed E-state index contributed by atoms with van der Waals surface area (Å²) in [6.45, 7) is 5.98. The predicted molar refractivity (Wildman–Crippen MR) is 114 cm³/mol. The fourth-order valence-corrected chi connectivity index (χ4v) is 5.01. The van der Waals surface area contributed by atoms with Gasteiger partial charge in [0.25, 0.3) is 11.8 Å². The van der Waals surface area contributed by atoms with E-state index in [4.69, 9.17) is 11.6 Å². The van der Waals surface area contributed by atoms with Gasteiger partial charge in [-0.3, -0.25) is 9.59 Å². The van der Waals surface area contributed by atoms with Crippen LogP contribution in [0.2, 0.25) is 5.02 Å². The molecule has 2 amide bonds. The Bertz CT molecular complexity index is 963. The van der Waals surface area contributed by atoms with E-state index in [2.05, 4.69) is 34.4 Å². The SMILES string of the molecule is CCN(CC)c1nc2sc(C(=O)Nc3ccc(Cl)c(C(=O)NC)c3)cc2s1. The molecule has 2 heterocycles. The molecular formula is C18H19ClN4O2S2. The predicted octanol–water partition coefficient (Wildman–Crippen LogP) is 4.47. The van der Waals surface area contributed by atoms with Gasteiger partial charge in [-0.1, -0.05) is 22.9 Å². The maximum atomic E-state index is 12.6. The summed E-state index contributed by atoms with van der Waals surface area (Å²) in [6.07, 6.45) is 0. The Morgan fingerprint density at radius 2 is 1.89 bits per heavy atom. The van der Waals surface area contributed by atoms with E-state index in [-0.39, 0.29) is 11.8 Å². The molecule has 6 nitrogen and oxygen atoms in total. The van der Waals surface area contributed by atoms with Crippen molar-refractivity contribution in [2.75, 3.05) is 30.4 Å². The van der Waals surface area contributed by atoms with Crippen LogP contribution in [-0.2, 0) is 0 Å². The van der Waals surface area contributed by atoms with Crippen molar-refractivity contribution in [2.45, 2.75) is 13.8 Å². The number of thiazole rings is 1. The number of hydrogen-bond donors (Lipinski definition) is 2. The zero-order valence-electron chi connectivity index (χ0n) is 15.1. The number of halogens is 1. The number of nitrogens with zero attached hydrogens (tertiary/aromatic N) is 2. The molecule has 0 fully saturated rings. The van der Waals surface area contributed by atoms with Crippen LogP contribution in [0.3, 0.4) is 0 Å². The van der Waals surface area contributed by atoms with Crippen LogP contribution in [-0.4, -0.2) is 36.9 Å². The first-order valence-corrected chi connectivity index (χ1v) is 10.5. The van der Waals surface area contributed by atoms with Gasteiger partial charge in [0, 0.05) is 25.8 Å². The fourth-order valence-electron chi connectivity index (χ4n) is 2.57. The minimum absolute atomic E-state index is 0.236. The smallest absolute Gasteiger partial charge is 0.265 e. The summed E-state index contributed by atoms with van der Waals surface area (Å²) in [5, 5.41) is 6.65. The van der Waals surface area contributed by atoms with Crippen molar-refractivity contribution in [2.24, 2.45) is 0 Å². The van der Waals surface area contributed by atoms with Crippen LogP contribution < -0.4 is 15.5 Å². The molecule has 142 valence electrons. The molecule has 0 bridgehead atoms. The van der Waals surface area contributed by atoms with E-state index in [0.717, 1.165) is 27.8 Å². The van der Waals surface area contributed by atoms with E-state index in [0.29, 0.717) is 21.2 Å². The fraction of sp³-hybridized carbons (Fsp3) is 0.278. The number of carbonyl (C=O) groups is 2. The third-order valence-corrected chi connectivity index (χ3v) is 6.58. The zero-order chi connectivity index (χ0) is 19.6. The average molecular weight is 423 g/mol. The van der Waals surface area contributed by atoms with Crippen molar-refractivity contribution in [3.63, 3.8) is 0 Å². The molecule has 0 saturated carbocycles. The highest BCUT2D eigenvalue weighted by molar-refractivity contribution is 7.29. The Balaban J connectivity index is 1.80. The molecule has 0 atom stereocenters. The maximum absolute atomic E-state index is 12.6. The molecule has 0 aliphatic carbocycles. The number of nitrogens with one attached hydrogen (secondary N) is 2. The topological polar surface area (TPSA) is 74.3 Å². The van der Waals surface area contributed by atoms with Gasteiger partial charge in [0.2, 0.25) is 0 Å². The number of thiophene rings is 1. The largest absolute Gasteiger partial charge is 0.355 e. The first-order chi connectivity index (χ1) is 13.0. The lowest BCUT2D eigenvalue weighted by atomic mass is 10.2. The van der Waals surface area contributed by atoms with Crippen LogP contribution in [0.25, 0.3) is 9.53 Å². The van der Waals surface area contributed by atoms with Crippen molar-refractivity contribution in [3.05, 3.63) is 39.7 Å². The second kappa shape index (κ2) is 8.24. The molecule has 3 aromatic rings. The van der Waals surface area contributed by atoms with Crippen molar-refractivity contribution >= 4 is 66.4 Å². The first-order valence-electron chi connectivity index (χ1n) is 8.45. The molecule has 2 aromatic heterocycles. The molecule has 3 rings (SSSR count). The van der Waals surface area contributed by atoms with Crippen LogP contribution in [0.15, 0.2) is 24.3 Å². The van der Waals surface area contributed by atoms with Gasteiger partial charge >= 0.3 is 0 Å². The Kier molecular flexibility index (Phi) is 5.98. The number of aromatic nitrogens is 1. The van der Waals surface area contributed by atoms with Crippen LogP contribution in [0.5, 0.6) is 0 Å². The molecule has 0 spiro atoms. The molecule has 27 heavy (non-hydrogen) atoms. The lowest BCUT2D eigenvalue weighted by molar-refractivity contribution is 0.0961. The average Bonchev–Trinajstić information content (AvgIpc) is 3.23. The summed E-state index contributed by atoms with van der Waals surface area (Å²) < 4.78 is 0.995. The van der Waals surface area contributed by atoms with Gasteiger partial charge < -0.3 is 15.5 Å². The lowest BCUT2D eigenvalue weighted by Gasteiger charge is -2.16. The minimum atomic E-state index is -0.305. The van der Waals surface area contributed by atoms with E-state index >= 15 is 0 Å². The number of hydrogen-bond acceptors (Lipinski definition) is 6. The van der Waals surface area contributed by atoms with Gasteiger partial charge in [0.1, 0.15) is 4.83 Å². The molecule has 0 aliphatic rings. The number of benzene rings is 1. The van der Waals surface area contributed by atoms with Crippen molar-refractivity contribution in [3.8, 4) is 0 Å². The summed E-state index contributed by atoms with van der Waals surface area (Å²) in [7, 11) is 1.53. The Labute approximate surface area is 170 Å². The highest BCUT2D eigenvalue weighted by atomic mass is 35.5. The van der Waals surface area contributed by atoms with Crippen LogP contribution in [0.4, 0.5) is 10.8 Å². The van der Waals surface area contributed by atoms with Gasteiger partial charge in [-0.25, -0.2) is 4.98 Å². The second-order valence-corrected chi connectivity index (χ2v) is 8.12. The van der Waals surface area contributed by atoms with Crippen molar-refractivity contribution in [1.29, 1.82) is 0 Å². The molecule has 0 aliphatic heterocycles. The van der Waals surface area contributed by atoms with Gasteiger partial charge in [-0.05, 0) is 38.1 Å². The molecular weight excluding hydrogens is 404 g/mol. The van der Waals surface area contributed by atoms with Crippen LogP contribution >= 0.6 is 34.3 Å². The molecule has 2 N–H and O–H groups in total. The quantitative estimate of drug-likeness (QED) is 0.614. The standard InChI is InChI=1S/C18H19ClN4O2S2/c1-4-23(5-2)18-22-17-14(27-18)9-13(26-17)16(25)21-10-6-7-12(19)11(8-10)15(24)20-3/h6-9H,4-5H2,1-3H3,(H,20,24)(H,21,25). The Morgan fingerprint density at radius 3 is 2.52 bits per heavy atom. The monoisotopic (exact) mass is 422 g/mol. The Morgan fingerprint density at radius 1 is 1.15 bits per heavy atom. The van der Waals surface area contributed by atoms with Crippen LogP contribution in [0.1, 0.15) is 33.9 Å². The highest BCUT2D eigenvalue weighted by Gasteiger charge is 2.17. The van der Waals surface area contributed by atoms with Gasteiger partial charge in [-0.15, -0.1) is 11.3 Å². The normalized spacial score (nSPS) is 10.8. The van der Waals surface area contributed by atoms with Gasteiger partial charge in [0.05, 0.1) is 20.2 Å². The Hall–Kier alpha value is -2.16. The highest BCUT2D eigenvalue weighted by Crippen LogP contribution is 2.35. The van der Waals surface area contributed by atoms with E-state index in [1.54, 1.807) is 29.5 Å².